The van der Waals surface area contributed by atoms with Crippen LogP contribution in [0.25, 0.3) is 5.57 Å². The Hall–Kier alpha value is -1.24. The third kappa shape index (κ3) is 1.75. The van der Waals surface area contributed by atoms with Gasteiger partial charge in [-0.1, -0.05) is 38.1 Å². The molecule has 0 spiro atoms. The summed E-state index contributed by atoms with van der Waals surface area (Å²) >= 11 is 0. The van der Waals surface area contributed by atoms with Crippen molar-refractivity contribution in [3.63, 3.8) is 0 Å². The summed E-state index contributed by atoms with van der Waals surface area (Å²) in [6.07, 6.45) is 4.62. The number of allylic oxidation sites excluding steroid dienone is 1. The predicted octanol–water partition coefficient (Wildman–Crippen LogP) is 4.38. The molecule has 1 heteroatoms. The topological polar surface area (TPSA) is 12.0 Å². The van der Waals surface area contributed by atoms with E-state index in [1.807, 2.05) is 0 Å². The van der Waals surface area contributed by atoms with Crippen LogP contribution in [0.3, 0.4) is 0 Å². The number of para-hydroxylation sites is 1. The lowest BCUT2D eigenvalue weighted by Gasteiger charge is -2.35. The quantitative estimate of drug-likeness (QED) is 0.772. The van der Waals surface area contributed by atoms with Crippen LogP contribution in [0.2, 0.25) is 0 Å². The van der Waals surface area contributed by atoms with Gasteiger partial charge in [-0.2, -0.15) is 0 Å². The van der Waals surface area contributed by atoms with E-state index in [9.17, 15) is 0 Å². The third-order valence-electron chi connectivity index (χ3n) is 3.64. The van der Waals surface area contributed by atoms with Crippen LogP contribution in [0.1, 0.15) is 44.7 Å². The Kier molecular flexibility index (Phi) is 2.79. The normalized spacial score (nSPS) is 23.4. The number of fused-ring (bicyclic) bond motifs is 1. The molecule has 1 N–H and O–H groups in total. The molecule has 86 valence electrons. The van der Waals surface area contributed by atoms with Gasteiger partial charge in [0.2, 0.25) is 0 Å². The van der Waals surface area contributed by atoms with Crippen molar-refractivity contribution in [1.29, 1.82) is 0 Å². The molecule has 16 heavy (non-hydrogen) atoms. The molecule has 1 unspecified atom stereocenters. The second kappa shape index (κ2) is 3.97. The first-order valence-corrected chi connectivity index (χ1v) is 6.19. The van der Waals surface area contributed by atoms with Crippen LogP contribution < -0.4 is 5.32 Å². The van der Waals surface area contributed by atoms with Gasteiger partial charge in [0.05, 0.1) is 5.54 Å². The first-order valence-electron chi connectivity index (χ1n) is 6.19. The van der Waals surface area contributed by atoms with Gasteiger partial charge in [-0.3, -0.25) is 0 Å². The van der Waals surface area contributed by atoms with Crippen molar-refractivity contribution >= 4 is 11.3 Å². The standard InChI is InChI=1S/C15H21N/c1-5-12-10-15(4,6-2)16-14-11(3)8-7-9-13(12)14/h7-10,16H,5-6H2,1-4H3. The second-order valence-electron chi connectivity index (χ2n) is 4.92. The van der Waals surface area contributed by atoms with Crippen LogP contribution in [0.15, 0.2) is 24.3 Å². The molecule has 1 aliphatic heterocycles. The highest BCUT2D eigenvalue weighted by atomic mass is 15.0. The van der Waals surface area contributed by atoms with Gasteiger partial charge in [-0.05, 0) is 37.8 Å². The maximum absolute atomic E-state index is 3.68. The molecular weight excluding hydrogens is 194 g/mol. The van der Waals surface area contributed by atoms with E-state index in [1.54, 1.807) is 0 Å². The monoisotopic (exact) mass is 215 g/mol. The van der Waals surface area contributed by atoms with E-state index < -0.39 is 0 Å². The Morgan fingerprint density at radius 2 is 2.00 bits per heavy atom. The van der Waals surface area contributed by atoms with E-state index in [0.717, 1.165) is 12.8 Å². The molecule has 0 saturated heterocycles. The van der Waals surface area contributed by atoms with E-state index in [2.05, 4.69) is 57.3 Å². The van der Waals surface area contributed by atoms with Crippen molar-refractivity contribution < 1.29 is 0 Å². The van der Waals surface area contributed by atoms with E-state index >= 15 is 0 Å². The van der Waals surface area contributed by atoms with Gasteiger partial charge in [-0.15, -0.1) is 0 Å². The fourth-order valence-electron chi connectivity index (χ4n) is 2.37. The molecule has 0 aromatic heterocycles. The number of nitrogens with one attached hydrogen (secondary N) is 1. The van der Waals surface area contributed by atoms with Crippen molar-refractivity contribution in [2.24, 2.45) is 0 Å². The average molecular weight is 215 g/mol. The van der Waals surface area contributed by atoms with Crippen LogP contribution in [-0.2, 0) is 0 Å². The van der Waals surface area contributed by atoms with Crippen molar-refractivity contribution in [2.45, 2.75) is 46.1 Å². The molecule has 1 aromatic rings. The molecule has 0 saturated carbocycles. The smallest absolute Gasteiger partial charge is 0.0531 e. The van der Waals surface area contributed by atoms with Crippen LogP contribution in [0, 0.1) is 6.92 Å². The van der Waals surface area contributed by atoms with Crippen LogP contribution in [0.4, 0.5) is 5.69 Å². The summed E-state index contributed by atoms with van der Waals surface area (Å²) < 4.78 is 0. The van der Waals surface area contributed by atoms with Gasteiger partial charge in [-0.25, -0.2) is 0 Å². The molecule has 0 radical (unpaired) electrons. The number of benzene rings is 1. The molecule has 2 rings (SSSR count). The number of aryl methyl sites for hydroxylation is 1. The van der Waals surface area contributed by atoms with E-state index in [0.29, 0.717) is 0 Å². The SMILES string of the molecule is CCC1=CC(C)(CC)Nc2c(C)cccc21. The Morgan fingerprint density at radius 3 is 2.62 bits per heavy atom. The molecule has 1 heterocycles. The molecule has 0 bridgehead atoms. The molecule has 1 aromatic carbocycles. The fourth-order valence-corrected chi connectivity index (χ4v) is 2.37. The van der Waals surface area contributed by atoms with Gasteiger partial charge < -0.3 is 5.32 Å². The molecule has 0 aliphatic carbocycles. The molecule has 0 fully saturated rings. The lowest BCUT2D eigenvalue weighted by molar-refractivity contribution is 0.607. The molecule has 0 amide bonds. The summed E-state index contributed by atoms with van der Waals surface area (Å²) in [5.74, 6) is 0. The van der Waals surface area contributed by atoms with Crippen molar-refractivity contribution in [3.8, 4) is 0 Å². The zero-order valence-corrected chi connectivity index (χ0v) is 10.7. The summed E-state index contributed by atoms with van der Waals surface area (Å²) in [5.41, 5.74) is 5.64. The Balaban J connectivity index is 2.57. The first-order chi connectivity index (χ1) is 7.59. The predicted molar refractivity (Wildman–Crippen MR) is 71.8 cm³/mol. The van der Waals surface area contributed by atoms with Gasteiger partial charge in [0.25, 0.3) is 0 Å². The summed E-state index contributed by atoms with van der Waals surface area (Å²) in [5, 5.41) is 3.68. The largest absolute Gasteiger partial charge is 0.376 e. The van der Waals surface area contributed by atoms with E-state index in [4.69, 9.17) is 0 Å². The lowest BCUT2D eigenvalue weighted by Crippen LogP contribution is -2.35. The van der Waals surface area contributed by atoms with Crippen molar-refractivity contribution in [3.05, 3.63) is 35.4 Å². The minimum Gasteiger partial charge on any atom is -0.376 e. The highest BCUT2D eigenvalue weighted by molar-refractivity contribution is 5.82. The molecular formula is C15H21N. The molecule has 1 atom stereocenters. The zero-order valence-electron chi connectivity index (χ0n) is 10.7. The Morgan fingerprint density at radius 1 is 1.25 bits per heavy atom. The van der Waals surface area contributed by atoms with E-state index in [-0.39, 0.29) is 5.54 Å². The second-order valence-corrected chi connectivity index (χ2v) is 4.92. The maximum Gasteiger partial charge on any atom is 0.0531 e. The minimum atomic E-state index is 0.116. The number of hydrogen-bond acceptors (Lipinski definition) is 1. The highest BCUT2D eigenvalue weighted by Gasteiger charge is 2.26. The molecule has 1 nitrogen and oxygen atoms in total. The summed E-state index contributed by atoms with van der Waals surface area (Å²) in [4.78, 5) is 0. The van der Waals surface area contributed by atoms with Crippen molar-refractivity contribution in [2.75, 3.05) is 5.32 Å². The first kappa shape index (κ1) is 11.3. The van der Waals surface area contributed by atoms with Crippen molar-refractivity contribution in [1.82, 2.24) is 0 Å². The van der Waals surface area contributed by atoms with Crippen LogP contribution in [0.5, 0.6) is 0 Å². The fraction of sp³-hybridized carbons (Fsp3) is 0.467. The lowest BCUT2D eigenvalue weighted by atomic mass is 9.85. The van der Waals surface area contributed by atoms with Gasteiger partial charge in [0.15, 0.2) is 0 Å². The van der Waals surface area contributed by atoms with Gasteiger partial charge >= 0.3 is 0 Å². The number of rotatable bonds is 2. The molecule has 1 aliphatic rings. The van der Waals surface area contributed by atoms with Gasteiger partial charge in [0.1, 0.15) is 0 Å². The van der Waals surface area contributed by atoms with Gasteiger partial charge in [0, 0.05) is 11.3 Å². The Bertz CT molecular complexity index is 431. The van der Waals surface area contributed by atoms with Crippen LogP contribution >= 0.6 is 0 Å². The number of hydrogen-bond donors (Lipinski definition) is 1. The Labute approximate surface area is 98.6 Å². The highest BCUT2D eigenvalue weighted by Crippen LogP contribution is 2.38. The van der Waals surface area contributed by atoms with Crippen LogP contribution in [-0.4, -0.2) is 5.54 Å². The average Bonchev–Trinajstić information content (AvgIpc) is 2.30. The number of anilines is 1. The summed E-state index contributed by atoms with van der Waals surface area (Å²) in [6.45, 7) is 8.93. The zero-order chi connectivity index (χ0) is 11.8. The summed E-state index contributed by atoms with van der Waals surface area (Å²) in [7, 11) is 0. The minimum absolute atomic E-state index is 0.116. The maximum atomic E-state index is 3.68. The summed E-state index contributed by atoms with van der Waals surface area (Å²) in [6, 6.07) is 6.55. The van der Waals surface area contributed by atoms with E-state index in [1.165, 1.54) is 22.4 Å². The third-order valence-corrected chi connectivity index (χ3v) is 3.64.